The summed E-state index contributed by atoms with van der Waals surface area (Å²) in [4.78, 5) is 42.2. The summed E-state index contributed by atoms with van der Waals surface area (Å²) in [6, 6.07) is 14.0. The number of phenolic OH excluding ortho intramolecular Hbond substituents is 1. The molecule has 0 saturated carbocycles. The van der Waals surface area contributed by atoms with E-state index >= 15 is 0 Å². The number of anilines is 1. The monoisotopic (exact) mass is 485 g/mol. The zero-order chi connectivity index (χ0) is 24.5. The van der Waals surface area contributed by atoms with Gasteiger partial charge < -0.3 is 10.4 Å². The molecule has 0 saturated heterocycles. The Morgan fingerprint density at radius 2 is 1.69 bits per heavy atom. The number of phenols is 1. The molecule has 0 fully saturated rings. The first-order chi connectivity index (χ1) is 17.0. The van der Waals surface area contributed by atoms with Gasteiger partial charge in [0.05, 0.1) is 16.7 Å². The van der Waals surface area contributed by atoms with Gasteiger partial charge in [-0.2, -0.15) is 5.26 Å². The number of amides is 3. The van der Waals surface area contributed by atoms with Crippen LogP contribution in [0.4, 0.5) is 5.00 Å². The molecule has 0 bridgehead atoms. The third-order valence-electron chi connectivity index (χ3n) is 6.58. The van der Waals surface area contributed by atoms with Crippen LogP contribution in [0.1, 0.15) is 61.5 Å². The highest BCUT2D eigenvalue weighted by Crippen LogP contribution is 2.37. The van der Waals surface area contributed by atoms with Crippen LogP contribution in [-0.2, 0) is 24.1 Å². The Kier molecular flexibility index (Phi) is 6.10. The van der Waals surface area contributed by atoms with E-state index in [2.05, 4.69) is 11.4 Å². The average molecular weight is 486 g/mol. The van der Waals surface area contributed by atoms with Crippen molar-refractivity contribution in [2.45, 2.75) is 44.6 Å². The number of rotatable bonds is 5. The topological polar surface area (TPSA) is 110 Å². The minimum Gasteiger partial charge on any atom is -0.508 e. The second-order valence-corrected chi connectivity index (χ2v) is 9.89. The molecule has 35 heavy (non-hydrogen) atoms. The van der Waals surface area contributed by atoms with Crippen LogP contribution in [-0.4, -0.2) is 33.8 Å². The first-order valence-corrected chi connectivity index (χ1v) is 12.4. The van der Waals surface area contributed by atoms with E-state index in [0.717, 1.165) is 47.4 Å². The lowest BCUT2D eigenvalue weighted by molar-refractivity contribution is -0.119. The maximum Gasteiger partial charge on any atom is 0.262 e. The highest BCUT2D eigenvalue weighted by Gasteiger charge is 2.43. The van der Waals surface area contributed by atoms with E-state index in [4.69, 9.17) is 0 Å². The van der Waals surface area contributed by atoms with Gasteiger partial charge in [-0.05, 0) is 61.1 Å². The van der Waals surface area contributed by atoms with Gasteiger partial charge in [-0.3, -0.25) is 19.3 Å². The number of benzene rings is 2. The molecule has 1 aliphatic heterocycles. The van der Waals surface area contributed by atoms with Crippen molar-refractivity contribution in [3.63, 3.8) is 0 Å². The lowest BCUT2D eigenvalue weighted by Gasteiger charge is -2.25. The number of fused-ring (bicyclic) bond motifs is 2. The molecule has 1 aliphatic carbocycles. The number of imide groups is 1. The summed E-state index contributed by atoms with van der Waals surface area (Å²) in [6.45, 7) is 0. The summed E-state index contributed by atoms with van der Waals surface area (Å²) in [7, 11) is 0. The molecule has 176 valence electrons. The lowest BCUT2D eigenvalue weighted by Crippen LogP contribution is -2.48. The Bertz CT molecular complexity index is 1340. The molecule has 2 aliphatic rings. The number of nitrogens with one attached hydrogen (secondary N) is 1. The quantitative estimate of drug-likeness (QED) is 0.410. The third-order valence-corrected chi connectivity index (χ3v) is 7.78. The first-order valence-electron chi connectivity index (χ1n) is 11.6. The first kappa shape index (κ1) is 22.8. The summed E-state index contributed by atoms with van der Waals surface area (Å²) >= 11 is 1.41. The van der Waals surface area contributed by atoms with Crippen LogP contribution in [0.15, 0.2) is 48.5 Å². The normalized spacial score (nSPS) is 15.7. The molecule has 0 radical (unpaired) electrons. The lowest BCUT2D eigenvalue weighted by atomic mass is 10.0. The number of nitrogens with zero attached hydrogens (tertiary/aromatic N) is 2. The maximum atomic E-state index is 13.7. The molecule has 1 unspecified atom stereocenters. The summed E-state index contributed by atoms with van der Waals surface area (Å²) < 4.78 is 0. The molecular formula is C27H23N3O4S. The van der Waals surface area contributed by atoms with Crippen molar-refractivity contribution >= 4 is 34.1 Å². The number of hydrogen-bond acceptors (Lipinski definition) is 6. The molecule has 2 aromatic carbocycles. The van der Waals surface area contributed by atoms with Gasteiger partial charge in [-0.15, -0.1) is 11.3 Å². The second kappa shape index (κ2) is 9.35. The minimum absolute atomic E-state index is 0.0740. The van der Waals surface area contributed by atoms with Crippen LogP contribution in [0, 0.1) is 11.3 Å². The summed E-state index contributed by atoms with van der Waals surface area (Å²) in [5.74, 6) is -1.49. The van der Waals surface area contributed by atoms with Gasteiger partial charge >= 0.3 is 0 Å². The van der Waals surface area contributed by atoms with Crippen molar-refractivity contribution in [1.29, 1.82) is 5.26 Å². The molecular weight excluding hydrogens is 462 g/mol. The highest BCUT2D eigenvalue weighted by molar-refractivity contribution is 7.16. The summed E-state index contributed by atoms with van der Waals surface area (Å²) in [5.41, 5.74) is 2.69. The van der Waals surface area contributed by atoms with Gasteiger partial charge in [0.1, 0.15) is 22.9 Å². The minimum atomic E-state index is -1.12. The Labute approximate surface area is 206 Å². The Morgan fingerprint density at radius 3 is 2.34 bits per heavy atom. The van der Waals surface area contributed by atoms with Gasteiger partial charge in [0.15, 0.2) is 0 Å². The predicted molar refractivity (Wildman–Crippen MR) is 131 cm³/mol. The fraction of sp³-hybridized carbons (Fsp3) is 0.259. The van der Waals surface area contributed by atoms with Crippen molar-refractivity contribution in [3.05, 3.63) is 81.2 Å². The van der Waals surface area contributed by atoms with Crippen LogP contribution < -0.4 is 5.32 Å². The zero-order valence-corrected chi connectivity index (χ0v) is 19.7. The number of carbonyl (C=O) groups is 3. The number of aryl methyl sites for hydroxylation is 1. The highest BCUT2D eigenvalue weighted by atomic mass is 32.1. The van der Waals surface area contributed by atoms with Gasteiger partial charge in [0, 0.05) is 11.3 Å². The maximum absolute atomic E-state index is 13.7. The van der Waals surface area contributed by atoms with Crippen molar-refractivity contribution in [2.75, 3.05) is 5.32 Å². The van der Waals surface area contributed by atoms with Crippen LogP contribution in [0.2, 0.25) is 0 Å². The fourth-order valence-corrected chi connectivity index (χ4v) is 6.03. The molecule has 2 heterocycles. The van der Waals surface area contributed by atoms with Crippen LogP contribution in [0.25, 0.3) is 0 Å². The Morgan fingerprint density at radius 1 is 1.03 bits per heavy atom. The molecule has 1 aromatic heterocycles. The van der Waals surface area contributed by atoms with Crippen molar-refractivity contribution in [2.24, 2.45) is 0 Å². The molecule has 3 aromatic rings. The van der Waals surface area contributed by atoms with E-state index in [1.807, 2.05) is 0 Å². The van der Waals surface area contributed by atoms with Gasteiger partial charge in [0.25, 0.3) is 11.8 Å². The van der Waals surface area contributed by atoms with Gasteiger partial charge in [0.2, 0.25) is 5.91 Å². The number of nitriles is 1. The Balaban J connectivity index is 1.50. The molecule has 3 amide bonds. The standard InChI is InChI=1S/C27H23N3O4S/c28-15-21-18-6-2-1-3-9-23(18)35-25(21)29-24(32)22(14-16-10-12-17(31)13-11-16)30-26(33)19-7-4-5-8-20(19)27(30)34/h4-5,7-8,10-13,22,31H,1-3,6,9,14H2,(H,29,32). The summed E-state index contributed by atoms with van der Waals surface area (Å²) in [6.07, 6.45) is 4.92. The third kappa shape index (κ3) is 4.19. The predicted octanol–water partition coefficient (Wildman–Crippen LogP) is 4.44. The fourth-order valence-electron chi connectivity index (χ4n) is 4.79. The summed E-state index contributed by atoms with van der Waals surface area (Å²) in [5, 5.41) is 22.8. The molecule has 7 nitrogen and oxygen atoms in total. The van der Waals surface area contributed by atoms with Gasteiger partial charge in [-0.25, -0.2) is 0 Å². The van der Waals surface area contributed by atoms with Crippen LogP contribution in [0.5, 0.6) is 5.75 Å². The molecule has 0 spiro atoms. The van der Waals surface area contributed by atoms with Crippen molar-refractivity contribution in [3.8, 4) is 11.8 Å². The van der Waals surface area contributed by atoms with Crippen LogP contribution >= 0.6 is 11.3 Å². The molecule has 2 N–H and O–H groups in total. The Hall–Kier alpha value is -3.96. The second-order valence-electron chi connectivity index (χ2n) is 8.78. The SMILES string of the molecule is N#Cc1c(NC(=O)C(Cc2ccc(O)cc2)N2C(=O)c3ccccc3C2=O)sc2c1CCCCC2. The number of aromatic hydroxyl groups is 1. The van der Waals surface area contributed by atoms with E-state index < -0.39 is 23.8 Å². The zero-order valence-electron chi connectivity index (χ0n) is 18.9. The van der Waals surface area contributed by atoms with E-state index in [-0.39, 0.29) is 23.3 Å². The number of carbonyl (C=O) groups excluding carboxylic acids is 3. The van der Waals surface area contributed by atoms with Gasteiger partial charge in [-0.1, -0.05) is 30.7 Å². The largest absolute Gasteiger partial charge is 0.508 e. The van der Waals surface area contributed by atoms with E-state index in [9.17, 15) is 24.8 Å². The molecule has 8 heteroatoms. The van der Waals surface area contributed by atoms with E-state index in [1.54, 1.807) is 36.4 Å². The van der Waals surface area contributed by atoms with Crippen molar-refractivity contribution < 1.29 is 19.5 Å². The molecule has 5 rings (SSSR count). The number of thiophene rings is 1. The number of hydrogen-bond donors (Lipinski definition) is 2. The average Bonchev–Trinajstić information content (AvgIpc) is 3.19. The van der Waals surface area contributed by atoms with Crippen molar-refractivity contribution in [1.82, 2.24) is 4.90 Å². The van der Waals surface area contributed by atoms with E-state index in [0.29, 0.717) is 16.1 Å². The van der Waals surface area contributed by atoms with E-state index in [1.165, 1.54) is 23.5 Å². The molecule has 1 atom stereocenters. The van der Waals surface area contributed by atoms with Crippen LogP contribution in [0.3, 0.4) is 0 Å². The smallest absolute Gasteiger partial charge is 0.262 e.